The van der Waals surface area contributed by atoms with Gasteiger partial charge in [0.15, 0.2) is 5.75 Å². The molecule has 1 amide bonds. The Morgan fingerprint density at radius 3 is 2.21 bits per heavy atom. The highest BCUT2D eigenvalue weighted by molar-refractivity contribution is 5.83. The summed E-state index contributed by atoms with van der Waals surface area (Å²) < 4.78 is 6.25. The maximum absolute atomic E-state index is 11.6. The molecule has 0 radical (unpaired) electrons. The normalized spacial score (nSPS) is 14.4. The molecule has 1 heterocycles. The molecule has 3 aromatic rings. The van der Waals surface area contributed by atoms with Crippen LogP contribution in [0.4, 0.5) is 5.69 Å². The van der Waals surface area contributed by atoms with Crippen molar-refractivity contribution < 1.29 is 9.53 Å². The molecule has 148 valence electrons. The minimum Gasteiger partial charge on any atom is -0.455 e. The average molecular weight is 386 g/mol. The van der Waals surface area contributed by atoms with E-state index in [-0.39, 0.29) is 5.91 Å². The third-order valence-electron chi connectivity index (χ3n) is 5.37. The Kier molecular flexibility index (Phi) is 5.80. The third-order valence-corrected chi connectivity index (χ3v) is 5.37. The summed E-state index contributed by atoms with van der Waals surface area (Å²) in [5.41, 5.74) is 3.27. The molecule has 1 saturated heterocycles. The molecule has 0 aromatic heterocycles. The molecule has 1 fully saturated rings. The fraction of sp³-hybridized carbons (Fsp3) is 0.240. The Labute approximate surface area is 172 Å². The number of rotatable bonds is 5. The number of carbonyl (C=O) groups excluding carboxylic acids is 1. The number of piperidine rings is 1. The molecule has 0 atom stereocenters. The van der Waals surface area contributed by atoms with Crippen molar-refractivity contribution in [3.05, 3.63) is 78.9 Å². The Morgan fingerprint density at radius 1 is 0.897 bits per heavy atom. The van der Waals surface area contributed by atoms with E-state index >= 15 is 0 Å². The van der Waals surface area contributed by atoms with Crippen molar-refractivity contribution >= 4 is 11.6 Å². The molecular weight excluding hydrogens is 360 g/mol. The number of nitrogens with one attached hydrogen (secondary N) is 1. The lowest BCUT2D eigenvalue weighted by atomic mass is 10.00. The van der Waals surface area contributed by atoms with Crippen LogP contribution in [-0.4, -0.2) is 29.9 Å². The van der Waals surface area contributed by atoms with E-state index in [0.29, 0.717) is 6.04 Å². The minimum atomic E-state index is 0.154. The van der Waals surface area contributed by atoms with E-state index in [1.165, 1.54) is 0 Å². The number of anilines is 1. The Balaban J connectivity index is 1.64. The van der Waals surface area contributed by atoms with Gasteiger partial charge in [-0.2, -0.15) is 0 Å². The summed E-state index contributed by atoms with van der Waals surface area (Å²) in [6.07, 6.45) is 1.85. The molecule has 4 nitrogen and oxygen atoms in total. The number of benzene rings is 3. The van der Waals surface area contributed by atoms with Crippen molar-refractivity contribution in [1.82, 2.24) is 4.90 Å². The van der Waals surface area contributed by atoms with Crippen LogP contribution < -0.4 is 10.1 Å². The summed E-state index contributed by atoms with van der Waals surface area (Å²) in [6.45, 7) is 3.22. The van der Waals surface area contributed by atoms with Gasteiger partial charge < -0.3 is 15.0 Å². The maximum Gasteiger partial charge on any atom is 0.219 e. The molecule has 1 N–H and O–H groups in total. The van der Waals surface area contributed by atoms with Gasteiger partial charge in [-0.25, -0.2) is 0 Å². The van der Waals surface area contributed by atoms with E-state index < -0.39 is 0 Å². The van der Waals surface area contributed by atoms with Crippen LogP contribution in [0, 0.1) is 0 Å². The molecule has 3 aromatic carbocycles. The minimum absolute atomic E-state index is 0.154. The van der Waals surface area contributed by atoms with Crippen molar-refractivity contribution in [3.8, 4) is 22.6 Å². The first-order valence-electron chi connectivity index (χ1n) is 10.1. The molecule has 4 rings (SSSR count). The van der Waals surface area contributed by atoms with Gasteiger partial charge in [-0.05, 0) is 36.6 Å². The topological polar surface area (TPSA) is 41.6 Å². The molecule has 0 spiro atoms. The number of hydrogen-bond donors (Lipinski definition) is 1. The van der Waals surface area contributed by atoms with E-state index in [4.69, 9.17) is 4.74 Å². The quantitative estimate of drug-likeness (QED) is 0.623. The fourth-order valence-electron chi connectivity index (χ4n) is 3.78. The van der Waals surface area contributed by atoms with Crippen LogP contribution >= 0.6 is 0 Å². The van der Waals surface area contributed by atoms with Crippen molar-refractivity contribution in [1.29, 1.82) is 0 Å². The van der Waals surface area contributed by atoms with Gasteiger partial charge in [0, 0.05) is 31.6 Å². The van der Waals surface area contributed by atoms with Gasteiger partial charge in [0.25, 0.3) is 0 Å². The standard InChI is InChI=1S/C25H26N2O2/c1-19(28)27-17-15-21(16-18-27)26-25-23(20-9-4-2-5-10-20)13-8-14-24(25)29-22-11-6-3-7-12-22/h2-14,21,26H,15-18H2,1H3. The van der Waals surface area contributed by atoms with E-state index in [2.05, 4.69) is 35.6 Å². The molecule has 0 aliphatic carbocycles. The fourth-order valence-corrected chi connectivity index (χ4v) is 3.78. The number of ether oxygens (including phenoxy) is 1. The monoisotopic (exact) mass is 386 g/mol. The van der Waals surface area contributed by atoms with Crippen molar-refractivity contribution in [2.45, 2.75) is 25.8 Å². The van der Waals surface area contributed by atoms with E-state index in [0.717, 1.165) is 54.2 Å². The number of likely N-dealkylation sites (tertiary alicyclic amines) is 1. The number of amides is 1. The lowest BCUT2D eigenvalue weighted by Crippen LogP contribution is -2.41. The van der Waals surface area contributed by atoms with Crippen LogP contribution in [0.25, 0.3) is 11.1 Å². The van der Waals surface area contributed by atoms with Gasteiger partial charge in [0.1, 0.15) is 5.75 Å². The summed E-state index contributed by atoms with van der Waals surface area (Å²) in [5.74, 6) is 1.78. The zero-order chi connectivity index (χ0) is 20.1. The smallest absolute Gasteiger partial charge is 0.219 e. The van der Waals surface area contributed by atoms with Crippen LogP contribution in [0.5, 0.6) is 11.5 Å². The number of nitrogens with zero attached hydrogens (tertiary/aromatic N) is 1. The molecular formula is C25H26N2O2. The van der Waals surface area contributed by atoms with Gasteiger partial charge in [0.2, 0.25) is 5.91 Å². The molecule has 1 aliphatic rings. The number of hydrogen-bond acceptors (Lipinski definition) is 3. The zero-order valence-electron chi connectivity index (χ0n) is 16.7. The SMILES string of the molecule is CC(=O)N1CCC(Nc2c(Oc3ccccc3)cccc2-c2ccccc2)CC1. The van der Waals surface area contributed by atoms with Crippen LogP contribution in [0.15, 0.2) is 78.9 Å². The highest BCUT2D eigenvalue weighted by Gasteiger charge is 2.23. The average Bonchev–Trinajstić information content (AvgIpc) is 2.76. The van der Waals surface area contributed by atoms with Gasteiger partial charge in [-0.1, -0.05) is 60.7 Å². The zero-order valence-corrected chi connectivity index (χ0v) is 16.7. The molecule has 0 unspecified atom stereocenters. The molecule has 1 aliphatic heterocycles. The van der Waals surface area contributed by atoms with E-state index in [1.54, 1.807) is 6.92 Å². The number of carbonyl (C=O) groups is 1. The second-order valence-electron chi connectivity index (χ2n) is 7.38. The summed E-state index contributed by atoms with van der Waals surface area (Å²) >= 11 is 0. The van der Waals surface area contributed by atoms with Crippen LogP contribution in [0.3, 0.4) is 0 Å². The second kappa shape index (κ2) is 8.82. The van der Waals surface area contributed by atoms with Crippen molar-refractivity contribution in [3.63, 3.8) is 0 Å². The highest BCUT2D eigenvalue weighted by Crippen LogP contribution is 2.39. The predicted octanol–water partition coefficient (Wildman–Crippen LogP) is 5.57. The largest absolute Gasteiger partial charge is 0.455 e. The lowest BCUT2D eigenvalue weighted by molar-refractivity contribution is -0.129. The first kappa shape index (κ1) is 19.1. The van der Waals surface area contributed by atoms with E-state index in [1.807, 2.05) is 53.4 Å². The first-order chi connectivity index (χ1) is 14.2. The summed E-state index contributed by atoms with van der Waals surface area (Å²) in [7, 11) is 0. The van der Waals surface area contributed by atoms with Crippen molar-refractivity contribution in [2.75, 3.05) is 18.4 Å². The highest BCUT2D eigenvalue weighted by atomic mass is 16.5. The molecule has 0 saturated carbocycles. The van der Waals surface area contributed by atoms with Gasteiger partial charge in [0.05, 0.1) is 5.69 Å². The lowest BCUT2D eigenvalue weighted by Gasteiger charge is -2.33. The van der Waals surface area contributed by atoms with Gasteiger partial charge >= 0.3 is 0 Å². The Morgan fingerprint density at radius 2 is 1.55 bits per heavy atom. The van der Waals surface area contributed by atoms with Gasteiger partial charge in [-0.15, -0.1) is 0 Å². The predicted molar refractivity (Wildman–Crippen MR) is 117 cm³/mol. The Hall–Kier alpha value is -3.27. The van der Waals surface area contributed by atoms with E-state index in [9.17, 15) is 4.79 Å². The molecule has 4 heteroatoms. The van der Waals surface area contributed by atoms with Gasteiger partial charge in [-0.3, -0.25) is 4.79 Å². The molecule has 0 bridgehead atoms. The third kappa shape index (κ3) is 4.60. The van der Waals surface area contributed by atoms with Crippen molar-refractivity contribution in [2.24, 2.45) is 0 Å². The maximum atomic E-state index is 11.6. The summed E-state index contributed by atoms with van der Waals surface area (Å²) in [6, 6.07) is 26.7. The Bertz CT molecular complexity index is 949. The van der Waals surface area contributed by atoms with Crippen LogP contribution in [-0.2, 0) is 4.79 Å². The summed E-state index contributed by atoms with van der Waals surface area (Å²) in [5, 5.41) is 3.73. The second-order valence-corrected chi connectivity index (χ2v) is 7.38. The van der Waals surface area contributed by atoms with Crippen LogP contribution in [0.1, 0.15) is 19.8 Å². The molecule has 29 heavy (non-hydrogen) atoms. The first-order valence-corrected chi connectivity index (χ1v) is 10.1. The summed E-state index contributed by atoms with van der Waals surface area (Å²) in [4.78, 5) is 13.6. The van der Waals surface area contributed by atoms with Crippen LogP contribution in [0.2, 0.25) is 0 Å². The number of para-hydroxylation sites is 2.